The van der Waals surface area contributed by atoms with Gasteiger partial charge in [-0.2, -0.15) is 0 Å². The molecule has 20 heavy (non-hydrogen) atoms. The Morgan fingerprint density at radius 1 is 1.10 bits per heavy atom. The molecule has 0 radical (unpaired) electrons. The molecule has 0 N–H and O–H groups in total. The first-order valence-electron chi connectivity index (χ1n) is 6.74. The Labute approximate surface area is 116 Å². The first-order chi connectivity index (χ1) is 9.49. The van der Waals surface area contributed by atoms with Gasteiger partial charge in [-0.3, -0.25) is 0 Å². The average Bonchev–Trinajstić information content (AvgIpc) is 2.93. The van der Waals surface area contributed by atoms with Crippen LogP contribution in [0.15, 0.2) is 16.1 Å². The van der Waals surface area contributed by atoms with Crippen LogP contribution in [0.4, 0.5) is 0 Å². The number of hydrogen-bond donors (Lipinski definition) is 0. The zero-order chi connectivity index (χ0) is 14.3. The maximum Gasteiger partial charge on any atom is 0.349 e. The number of hydrogen-bond acceptors (Lipinski definition) is 5. The van der Waals surface area contributed by atoms with E-state index in [9.17, 15) is 9.59 Å². The molecule has 1 saturated heterocycles. The van der Waals surface area contributed by atoms with Crippen molar-refractivity contribution in [3.63, 3.8) is 0 Å². The Hall–Kier alpha value is -2.04. The molecule has 2 aliphatic rings. The molecule has 3 rings (SSSR count). The Balaban J connectivity index is 1.88. The van der Waals surface area contributed by atoms with Crippen molar-refractivity contribution in [2.24, 2.45) is 0 Å². The van der Waals surface area contributed by atoms with Gasteiger partial charge in [0.1, 0.15) is 17.1 Å². The van der Waals surface area contributed by atoms with E-state index in [-0.39, 0.29) is 5.57 Å². The second-order valence-electron chi connectivity index (χ2n) is 5.34. The van der Waals surface area contributed by atoms with Gasteiger partial charge in [0.15, 0.2) is 0 Å². The van der Waals surface area contributed by atoms with Crippen molar-refractivity contribution in [2.45, 2.75) is 45.3 Å². The van der Waals surface area contributed by atoms with Crippen molar-refractivity contribution in [3.8, 4) is 0 Å². The zero-order valence-electron chi connectivity index (χ0n) is 11.5. The highest BCUT2D eigenvalue weighted by Crippen LogP contribution is 2.38. The zero-order valence-corrected chi connectivity index (χ0v) is 11.5. The highest BCUT2D eigenvalue weighted by atomic mass is 16.7. The van der Waals surface area contributed by atoms with Crippen molar-refractivity contribution < 1.29 is 23.5 Å². The lowest BCUT2D eigenvalue weighted by Gasteiger charge is -2.32. The topological polar surface area (TPSA) is 65.7 Å². The molecule has 0 bridgehead atoms. The normalized spacial score (nSPS) is 21.0. The van der Waals surface area contributed by atoms with Crippen molar-refractivity contribution in [2.75, 3.05) is 0 Å². The lowest BCUT2D eigenvalue weighted by Crippen LogP contribution is -2.44. The number of carbonyl (C=O) groups is 2. The Morgan fingerprint density at radius 2 is 1.70 bits per heavy atom. The number of aryl methyl sites for hydroxylation is 2. The maximum atomic E-state index is 12.0. The largest absolute Gasteiger partial charge is 0.462 e. The van der Waals surface area contributed by atoms with Crippen LogP contribution in [0.1, 0.15) is 42.8 Å². The van der Waals surface area contributed by atoms with Crippen LogP contribution in [0.2, 0.25) is 0 Å². The van der Waals surface area contributed by atoms with E-state index < -0.39 is 17.7 Å². The monoisotopic (exact) mass is 276 g/mol. The molecule has 2 fully saturated rings. The molecule has 0 amide bonds. The molecular weight excluding hydrogens is 260 g/mol. The fraction of sp³-hybridized carbons (Fsp3) is 0.467. The van der Waals surface area contributed by atoms with Crippen molar-refractivity contribution in [1.82, 2.24) is 0 Å². The van der Waals surface area contributed by atoms with Crippen LogP contribution in [-0.4, -0.2) is 17.7 Å². The summed E-state index contributed by atoms with van der Waals surface area (Å²) in [5.41, 5.74) is 0.845. The SMILES string of the molecule is Cc1cc(C=C2C(=O)OC3(CCCC3)OC2=O)oc1C. The van der Waals surface area contributed by atoms with E-state index in [1.807, 2.05) is 13.8 Å². The molecule has 0 aromatic carbocycles. The molecule has 1 aromatic rings. The summed E-state index contributed by atoms with van der Waals surface area (Å²) in [6.45, 7) is 3.72. The van der Waals surface area contributed by atoms with Gasteiger partial charge in [0.05, 0.1) is 0 Å². The Kier molecular flexibility index (Phi) is 2.92. The number of rotatable bonds is 1. The van der Waals surface area contributed by atoms with Gasteiger partial charge in [0.25, 0.3) is 5.79 Å². The third kappa shape index (κ3) is 2.13. The summed E-state index contributed by atoms with van der Waals surface area (Å²) in [7, 11) is 0. The predicted octanol–water partition coefficient (Wildman–Crippen LogP) is 2.65. The first kappa shape index (κ1) is 13.0. The molecule has 0 unspecified atom stereocenters. The minimum Gasteiger partial charge on any atom is -0.462 e. The van der Waals surface area contributed by atoms with Crippen molar-refractivity contribution >= 4 is 18.0 Å². The summed E-state index contributed by atoms with van der Waals surface area (Å²) in [4.78, 5) is 24.1. The van der Waals surface area contributed by atoms with Gasteiger partial charge in [0.2, 0.25) is 0 Å². The van der Waals surface area contributed by atoms with Crippen molar-refractivity contribution in [1.29, 1.82) is 0 Å². The molecule has 1 saturated carbocycles. The lowest BCUT2D eigenvalue weighted by molar-refractivity contribution is -0.232. The van der Waals surface area contributed by atoms with Gasteiger partial charge >= 0.3 is 11.9 Å². The van der Waals surface area contributed by atoms with E-state index in [0.717, 1.165) is 24.2 Å². The number of furan rings is 1. The van der Waals surface area contributed by atoms with E-state index in [2.05, 4.69) is 0 Å². The fourth-order valence-corrected chi connectivity index (χ4v) is 2.60. The van der Waals surface area contributed by atoms with Gasteiger partial charge in [-0.25, -0.2) is 9.59 Å². The Bertz CT molecular complexity index is 560. The first-order valence-corrected chi connectivity index (χ1v) is 6.74. The molecular formula is C15H16O5. The number of carbonyl (C=O) groups excluding carboxylic acids is 2. The molecule has 0 atom stereocenters. The molecule has 1 aliphatic carbocycles. The summed E-state index contributed by atoms with van der Waals surface area (Å²) < 4.78 is 16.1. The third-order valence-corrected chi connectivity index (χ3v) is 3.83. The smallest absolute Gasteiger partial charge is 0.349 e. The van der Waals surface area contributed by atoms with Gasteiger partial charge in [0, 0.05) is 18.9 Å². The second kappa shape index (κ2) is 4.51. The summed E-state index contributed by atoms with van der Waals surface area (Å²) in [6.07, 6.45) is 4.34. The van der Waals surface area contributed by atoms with Crippen molar-refractivity contribution in [3.05, 3.63) is 28.7 Å². The minimum absolute atomic E-state index is 0.115. The number of ether oxygens (including phenoxy) is 2. The molecule has 106 valence electrons. The predicted molar refractivity (Wildman–Crippen MR) is 69.5 cm³/mol. The minimum atomic E-state index is -1.03. The molecule has 2 heterocycles. The average molecular weight is 276 g/mol. The van der Waals surface area contributed by atoms with Crippen LogP contribution in [-0.2, 0) is 19.1 Å². The van der Waals surface area contributed by atoms with Gasteiger partial charge in [-0.1, -0.05) is 0 Å². The number of esters is 2. The van der Waals surface area contributed by atoms with E-state index >= 15 is 0 Å². The fourth-order valence-electron chi connectivity index (χ4n) is 2.60. The highest BCUT2D eigenvalue weighted by Gasteiger charge is 2.47. The quantitative estimate of drug-likeness (QED) is 0.448. The van der Waals surface area contributed by atoms with E-state index in [4.69, 9.17) is 13.9 Å². The maximum absolute atomic E-state index is 12.0. The van der Waals surface area contributed by atoms with E-state index in [1.165, 1.54) is 6.08 Å². The molecule has 1 aromatic heterocycles. The lowest BCUT2D eigenvalue weighted by atomic mass is 10.1. The van der Waals surface area contributed by atoms with Crippen LogP contribution < -0.4 is 0 Å². The summed E-state index contributed by atoms with van der Waals surface area (Å²) in [5, 5.41) is 0. The van der Waals surface area contributed by atoms with E-state index in [0.29, 0.717) is 18.6 Å². The highest BCUT2D eigenvalue weighted by molar-refractivity contribution is 6.18. The molecule has 1 spiro atoms. The van der Waals surface area contributed by atoms with Gasteiger partial charge < -0.3 is 13.9 Å². The second-order valence-corrected chi connectivity index (χ2v) is 5.34. The van der Waals surface area contributed by atoms with Crippen LogP contribution >= 0.6 is 0 Å². The molecule has 5 nitrogen and oxygen atoms in total. The summed E-state index contributed by atoms with van der Waals surface area (Å²) in [6, 6.07) is 1.77. The third-order valence-electron chi connectivity index (χ3n) is 3.83. The van der Waals surface area contributed by atoms with Crippen LogP contribution in [0.5, 0.6) is 0 Å². The van der Waals surface area contributed by atoms with Gasteiger partial charge in [-0.05, 0) is 38.3 Å². The van der Waals surface area contributed by atoms with Crippen LogP contribution in [0.3, 0.4) is 0 Å². The molecule has 1 aliphatic heterocycles. The standard InChI is InChI=1S/C15H16O5/c1-9-7-11(18-10(9)2)8-12-13(16)19-15(20-14(12)17)5-3-4-6-15/h7-8H,3-6H2,1-2H3. The van der Waals surface area contributed by atoms with Gasteiger partial charge in [-0.15, -0.1) is 0 Å². The Morgan fingerprint density at radius 3 is 2.20 bits per heavy atom. The molecule has 5 heteroatoms. The van der Waals surface area contributed by atoms with E-state index in [1.54, 1.807) is 6.07 Å². The van der Waals surface area contributed by atoms with Crippen LogP contribution in [0.25, 0.3) is 6.08 Å². The summed E-state index contributed by atoms with van der Waals surface area (Å²) in [5.74, 6) is -1.09. The van der Waals surface area contributed by atoms with Crippen LogP contribution in [0, 0.1) is 13.8 Å². The summed E-state index contributed by atoms with van der Waals surface area (Å²) >= 11 is 0.